The highest BCUT2D eigenvalue weighted by Gasteiger charge is 2.21. The monoisotopic (exact) mass is 394 g/mol. The van der Waals surface area contributed by atoms with Gasteiger partial charge in [0.25, 0.3) is 5.91 Å². The van der Waals surface area contributed by atoms with Crippen LogP contribution in [0.5, 0.6) is 5.75 Å². The van der Waals surface area contributed by atoms with Gasteiger partial charge in [-0.15, -0.1) is 0 Å². The molecule has 1 aromatic carbocycles. The van der Waals surface area contributed by atoms with Crippen LogP contribution in [-0.4, -0.2) is 54.1 Å². The highest BCUT2D eigenvalue weighted by molar-refractivity contribution is 5.94. The second kappa shape index (κ2) is 9.85. The van der Waals surface area contributed by atoms with E-state index in [9.17, 15) is 4.79 Å². The van der Waals surface area contributed by atoms with Crippen LogP contribution in [0.15, 0.2) is 48.7 Å². The molecule has 2 aliphatic heterocycles. The summed E-state index contributed by atoms with van der Waals surface area (Å²) < 4.78 is 6.15. The van der Waals surface area contributed by atoms with Crippen LogP contribution >= 0.6 is 0 Å². The first-order valence-corrected chi connectivity index (χ1v) is 10.7. The first-order valence-electron chi connectivity index (χ1n) is 10.7. The number of nitrogens with zero attached hydrogens (tertiary/aromatic N) is 2. The molecule has 0 aliphatic carbocycles. The maximum absolute atomic E-state index is 12.4. The molecule has 2 fully saturated rings. The van der Waals surface area contributed by atoms with Crippen LogP contribution < -0.4 is 15.4 Å². The van der Waals surface area contributed by atoms with Crippen molar-refractivity contribution < 1.29 is 9.53 Å². The molecule has 0 spiro atoms. The molecule has 2 aliphatic rings. The number of carbonyl (C=O) groups is 1. The molecule has 1 unspecified atom stereocenters. The fourth-order valence-electron chi connectivity index (χ4n) is 4.03. The molecule has 0 saturated carbocycles. The summed E-state index contributed by atoms with van der Waals surface area (Å²) in [5.74, 6) is 0.831. The van der Waals surface area contributed by atoms with Crippen molar-refractivity contribution in [3.63, 3.8) is 0 Å². The number of ether oxygens (including phenoxy) is 1. The molecular weight excluding hydrogens is 364 g/mol. The third-order valence-corrected chi connectivity index (χ3v) is 5.70. The molecular formula is C23H30N4O2. The number of likely N-dealkylation sites (tertiary alicyclic amines) is 1. The second-order valence-corrected chi connectivity index (χ2v) is 7.96. The van der Waals surface area contributed by atoms with Gasteiger partial charge in [-0.2, -0.15) is 0 Å². The minimum absolute atomic E-state index is 0.00641. The molecule has 2 aromatic rings. The van der Waals surface area contributed by atoms with Crippen LogP contribution in [0.25, 0.3) is 0 Å². The number of pyridine rings is 1. The average Bonchev–Trinajstić information content (AvgIpc) is 2.77. The van der Waals surface area contributed by atoms with Crippen LogP contribution in [0.1, 0.15) is 41.7 Å². The summed E-state index contributed by atoms with van der Waals surface area (Å²) in [4.78, 5) is 19.2. The number of carbonyl (C=O) groups excluding carboxylic acids is 1. The summed E-state index contributed by atoms with van der Waals surface area (Å²) in [6.45, 7) is 4.81. The van der Waals surface area contributed by atoms with E-state index in [1.807, 2.05) is 42.6 Å². The van der Waals surface area contributed by atoms with Crippen molar-refractivity contribution >= 4 is 5.91 Å². The van der Waals surface area contributed by atoms with Crippen molar-refractivity contribution in [1.29, 1.82) is 0 Å². The van der Waals surface area contributed by atoms with Gasteiger partial charge in [0.1, 0.15) is 11.9 Å². The van der Waals surface area contributed by atoms with Crippen molar-refractivity contribution in [1.82, 2.24) is 20.5 Å². The molecule has 2 saturated heterocycles. The lowest BCUT2D eigenvalue weighted by Gasteiger charge is -2.31. The SMILES string of the molecule is O=C(NC1CCCNC1)c1ccc(OC2CCN(Cc3ccccn3)CC2)cc1. The van der Waals surface area contributed by atoms with E-state index in [0.29, 0.717) is 5.56 Å². The Morgan fingerprint density at radius 3 is 2.66 bits per heavy atom. The second-order valence-electron chi connectivity index (χ2n) is 7.96. The summed E-state index contributed by atoms with van der Waals surface area (Å²) >= 11 is 0. The molecule has 1 atom stereocenters. The smallest absolute Gasteiger partial charge is 0.251 e. The van der Waals surface area contributed by atoms with Crippen LogP contribution in [0.2, 0.25) is 0 Å². The summed E-state index contributed by atoms with van der Waals surface area (Å²) in [7, 11) is 0. The molecule has 0 bridgehead atoms. The van der Waals surface area contributed by atoms with Gasteiger partial charge in [0, 0.05) is 44.0 Å². The molecule has 0 radical (unpaired) electrons. The Balaban J connectivity index is 1.22. The van der Waals surface area contributed by atoms with Gasteiger partial charge in [0.05, 0.1) is 5.69 Å². The van der Waals surface area contributed by atoms with E-state index in [1.165, 1.54) is 0 Å². The van der Waals surface area contributed by atoms with Crippen LogP contribution in [0.3, 0.4) is 0 Å². The average molecular weight is 395 g/mol. The van der Waals surface area contributed by atoms with Crippen molar-refractivity contribution in [3.05, 3.63) is 59.9 Å². The number of hydrogen-bond acceptors (Lipinski definition) is 5. The van der Waals surface area contributed by atoms with Crippen molar-refractivity contribution in [3.8, 4) is 5.75 Å². The zero-order valence-electron chi connectivity index (χ0n) is 16.8. The normalized spacial score (nSPS) is 20.9. The van der Waals surface area contributed by atoms with Gasteiger partial charge in [-0.1, -0.05) is 6.07 Å². The van der Waals surface area contributed by atoms with Crippen LogP contribution in [0, 0.1) is 0 Å². The molecule has 6 nitrogen and oxygen atoms in total. The zero-order valence-corrected chi connectivity index (χ0v) is 16.8. The molecule has 1 amide bonds. The Morgan fingerprint density at radius 1 is 1.14 bits per heavy atom. The highest BCUT2D eigenvalue weighted by Crippen LogP contribution is 2.20. The first kappa shape index (κ1) is 19.9. The molecule has 4 rings (SSSR count). The Morgan fingerprint density at radius 2 is 1.97 bits per heavy atom. The summed E-state index contributed by atoms with van der Waals surface area (Å²) in [5.41, 5.74) is 1.80. The van der Waals surface area contributed by atoms with Crippen molar-refractivity contribution in [2.24, 2.45) is 0 Å². The lowest BCUT2D eigenvalue weighted by molar-refractivity contribution is 0.0929. The van der Waals surface area contributed by atoms with E-state index in [1.54, 1.807) is 0 Å². The summed E-state index contributed by atoms with van der Waals surface area (Å²) in [6.07, 6.45) is 6.23. The Hall–Kier alpha value is -2.44. The van der Waals surface area contributed by atoms with Gasteiger partial charge >= 0.3 is 0 Å². The van der Waals surface area contributed by atoms with Gasteiger partial charge in [0.15, 0.2) is 0 Å². The van der Waals surface area contributed by atoms with Gasteiger partial charge < -0.3 is 15.4 Å². The van der Waals surface area contributed by atoms with E-state index in [4.69, 9.17) is 4.74 Å². The molecule has 1 aromatic heterocycles. The van der Waals surface area contributed by atoms with E-state index < -0.39 is 0 Å². The van der Waals surface area contributed by atoms with E-state index in [2.05, 4.69) is 26.6 Å². The maximum atomic E-state index is 12.4. The van der Waals surface area contributed by atoms with Crippen LogP contribution in [-0.2, 0) is 6.54 Å². The highest BCUT2D eigenvalue weighted by atomic mass is 16.5. The quantitative estimate of drug-likeness (QED) is 0.788. The van der Waals surface area contributed by atoms with E-state index in [-0.39, 0.29) is 18.1 Å². The van der Waals surface area contributed by atoms with Gasteiger partial charge in [-0.25, -0.2) is 0 Å². The lowest BCUT2D eigenvalue weighted by atomic mass is 10.1. The number of piperidine rings is 2. The third-order valence-electron chi connectivity index (χ3n) is 5.70. The minimum atomic E-state index is -0.00641. The maximum Gasteiger partial charge on any atom is 0.251 e. The Kier molecular flexibility index (Phi) is 6.75. The lowest BCUT2D eigenvalue weighted by Crippen LogP contribution is -2.45. The number of rotatable bonds is 6. The molecule has 29 heavy (non-hydrogen) atoms. The Labute approximate surface area is 172 Å². The number of aromatic nitrogens is 1. The van der Waals surface area contributed by atoms with Gasteiger partial charge in [-0.05, 0) is 68.6 Å². The van der Waals surface area contributed by atoms with E-state index >= 15 is 0 Å². The van der Waals surface area contributed by atoms with E-state index in [0.717, 1.165) is 69.9 Å². The predicted octanol–water partition coefficient (Wildman–Crippen LogP) is 2.61. The summed E-state index contributed by atoms with van der Waals surface area (Å²) in [5, 5.41) is 6.43. The molecule has 3 heterocycles. The standard InChI is InChI=1S/C23H30N4O2/c28-23(26-19-5-3-12-24-16-19)18-6-8-21(9-7-18)29-22-10-14-27(15-11-22)17-20-4-1-2-13-25-20/h1-2,4,6-9,13,19,22,24H,3,5,10-12,14-17H2,(H,26,28). The molecule has 154 valence electrons. The molecule has 2 N–H and O–H groups in total. The fraction of sp³-hybridized carbons (Fsp3) is 0.478. The number of amides is 1. The topological polar surface area (TPSA) is 66.5 Å². The number of benzene rings is 1. The number of hydrogen-bond donors (Lipinski definition) is 2. The third kappa shape index (κ3) is 5.78. The largest absolute Gasteiger partial charge is 0.490 e. The minimum Gasteiger partial charge on any atom is -0.490 e. The predicted molar refractivity (Wildman–Crippen MR) is 113 cm³/mol. The zero-order chi connectivity index (χ0) is 19.9. The van der Waals surface area contributed by atoms with Crippen molar-refractivity contribution in [2.75, 3.05) is 26.2 Å². The van der Waals surface area contributed by atoms with Crippen LogP contribution in [0.4, 0.5) is 0 Å². The fourth-order valence-corrected chi connectivity index (χ4v) is 4.03. The van der Waals surface area contributed by atoms with Crippen molar-refractivity contribution in [2.45, 2.75) is 44.4 Å². The van der Waals surface area contributed by atoms with Gasteiger partial charge in [0.2, 0.25) is 0 Å². The first-order chi connectivity index (χ1) is 14.3. The molecule has 6 heteroatoms. The number of nitrogens with one attached hydrogen (secondary N) is 2. The Bertz CT molecular complexity index is 767. The van der Waals surface area contributed by atoms with Gasteiger partial charge in [-0.3, -0.25) is 14.7 Å². The summed E-state index contributed by atoms with van der Waals surface area (Å²) in [6, 6.07) is 13.8.